The number of rotatable bonds is 8. The smallest absolute Gasteiger partial charge is 0.209 e. The summed E-state index contributed by atoms with van der Waals surface area (Å²) in [7, 11) is 0.326. The van der Waals surface area contributed by atoms with E-state index in [1.807, 2.05) is 30.3 Å². The van der Waals surface area contributed by atoms with Crippen molar-refractivity contribution in [2.24, 2.45) is 0 Å². The number of ketones is 1. The van der Waals surface area contributed by atoms with Crippen molar-refractivity contribution >= 4 is 67.8 Å². The minimum Gasteiger partial charge on any atom is -0.497 e. The van der Waals surface area contributed by atoms with Crippen LogP contribution in [0.1, 0.15) is 20.8 Å². The van der Waals surface area contributed by atoms with E-state index in [2.05, 4.69) is 10.3 Å². The van der Waals surface area contributed by atoms with E-state index in [0.717, 1.165) is 22.6 Å². The molecular weight excluding hydrogens is 513 g/mol. The van der Waals surface area contributed by atoms with Gasteiger partial charge in [-0.05, 0) is 48.0 Å². The Hall–Kier alpha value is -2.91. The van der Waals surface area contributed by atoms with Crippen molar-refractivity contribution in [3.05, 3.63) is 92.8 Å². The Morgan fingerprint density at radius 2 is 1.79 bits per heavy atom. The number of carbonyl (C=O) groups is 1. The number of anilines is 3. The second-order valence-electron chi connectivity index (χ2n) is 7.15. The van der Waals surface area contributed by atoms with Gasteiger partial charge in [0.15, 0.2) is 5.13 Å². The summed E-state index contributed by atoms with van der Waals surface area (Å²) in [5, 5.41) is 4.03. The van der Waals surface area contributed by atoms with Crippen LogP contribution in [0.5, 0.6) is 5.75 Å². The van der Waals surface area contributed by atoms with Gasteiger partial charge in [-0.15, -0.1) is 0 Å². The second-order valence-corrected chi connectivity index (χ2v) is 10.4. The molecule has 0 aliphatic rings. The van der Waals surface area contributed by atoms with E-state index >= 15 is 0 Å². The summed E-state index contributed by atoms with van der Waals surface area (Å²) in [4.78, 5) is 18.1. The van der Waals surface area contributed by atoms with E-state index in [9.17, 15) is 9.00 Å². The molecule has 1 heterocycles. The first-order chi connectivity index (χ1) is 16.4. The molecule has 1 unspecified atom stereocenters. The van der Waals surface area contributed by atoms with E-state index in [1.165, 1.54) is 0 Å². The fraction of sp³-hybridized carbons (Fsp3) is 0.0833. The summed E-state index contributed by atoms with van der Waals surface area (Å²) in [5.41, 5.74) is 7.77. The average Bonchev–Trinajstić information content (AvgIpc) is 3.19. The monoisotopic (exact) mass is 531 g/mol. The summed E-state index contributed by atoms with van der Waals surface area (Å²) >= 11 is 13.4. The van der Waals surface area contributed by atoms with Crippen LogP contribution in [0.4, 0.5) is 16.6 Å². The van der Waals surface area contributed by atoms with Crippen LogP contribution in [0.2, 0.25) is 10.0 Å². The van der Waals surface area contributed by atoms with Crippen LogP contribution in [0.25, 0.3) is 0 Å². The third kappa shape index (κ3) is 5.42. The van der Waals surface area contributed by atoms with Crippen LogP contribution >= 0.6 is 34.5 Å². The van der Waals surface area contributed by atoms with Gasteiger partial charge < -0.3 is 15.8 Å². The molecule has 3 aromatic carbocycles. The zero-order valence-corrected chi connectivity index (χ0v) is 21.0. The topological polar surface area (TPSA) is 94.3 Å². The number of halogens is 2. The molecule has 0 saturated carbocycles. The third-order valence-corrected chi connectivity index (χ3v) is 7.82. The molecule has 0 aliphatic carbocycles. The Labute approximate surface area is 213 Å². The minimum atomic E-state index is -1.27. The van der Waals surface area contributed by atoms with Crippen LogP contribution in [0.3, 0.4) is 0 Å². The fourth-order valence-electron chi connectivity index (χ4n) is 3.21. The molecule has 4 rings (SSSR count). The number of nitrogens with zero attached hydrogens (tertiary/aromatic N) is 1. The van der Waals surface area contributed by atoms with Gasteiger partial charge in [0.25, 0.3) is 0 Å². The molecule has 1 atom stereocenters. The highest BCUT2D eigenvalue weighted by molar-refractivity contribution is 7.84. The van der Waals surface area contributed by atoms with Crippen LogP contribution in [0.15, 0.2) is 71.6 Å². The summed E-state index contributed by atoms with van der Waals surface area (Å²) < 4.78 is 18.2. The molecule has 0 aliphatic heterocycles. The first-order valence-corrected chi connectivity index (χ1v) is 12.9. The minimum absolute atomic E-state index is 0.0752. The maximum absolute atomic E-state index is 13.0. The average molecular weight is 532 g/mol. The molecule has 34 heavy (non-hydrogen) atoms. The number of benzene rings is 3. The quantitative estimate of drug-likeness (QED) is 0.258. The number of ether oxygens (including phenoxy) is 1. The summed E-state index contributed by atoms with van der Waals surface area (Å²) in [6.07, 6.45) is 0. The number of hydrogen-bond acceptors (Lipinski definition) is 7. The Bertz CT molecular complexity index is 1370. The molecule has 174 valence electrons. The summed E-state index contributed by atoms with van der Waals surface area (Å²) in [6.45, 7) is 0. The molecular formula is C24H19Cl2N3O3S2. The number of hydrogen-bond donors (Lipinski definition) is 2. The lowest BCUT2D eigenvalue weighted by Crippen LogP contribution is -2.04. The Morgan fingerprint density at radius 1 is 1.09 bits per heavy atom. The summed E-state index contributed by atoms with van der Waals surface area (Å²) in [5.74, 6) is 0.745. The van der Waals surface area contributed by atoms with Crippen LogP contribution in [-0.2, 0) is 16.6 Å². The third-order valence-electron chi connectivity index (χ3n) is 4.83. The van der Waals surface area contributed by atoms with E-state index in [4.69, 9.17) is 33.7 Å². The predicted molar refractivity (Wildman–Crippen MR) is 139 cm³/mol. The molecule has 0 bridgehead atoms. The van der Waals surface area contributed by atoms with Crippen molar-refractivity contribution in [3.8, 4) is 5.75 Å². The second kappa shape index (κ2) is 10.6. The highest BCUT2D eigenvalue weighted by Crippen LogP contribution is 2.34. The zero-order valence-electron chi connectivity index (χ0n) is 17.9. The van der Waals surface area contributed by atoms with E-state index < -0.39 is 16.6 Å². The number of methoxy groups -OCH3 is 1. The van der Waals surface area contributed by atoms with E-state index in [1.54, 1.807) is 43.5 Å². The molecule has 0 radical (unpaired) electrons. The van der Waals surface area contributed by atoms with Gasteiger partial charge in [-0.1, -0.05) is 58.8 Å². The molecule has 4 aromatic rings. The lowest BCUT2D eigenvalue weighted by atomic mass is 10.1. The summed E-state index contributed by atoms with van der Waals surface area (Å²) in [6, 6.07) is 19.5. The molecule has 10 heteroatoms. The van der Waals surface area contributed by atoms with Crippen molar-refractivity contribution in [3.63, 3.8) is 0 Å². The van der Waals surface area contributed by atoms with Gasteiger partial charge in [0.05, 0.1) is 39.3 Å². The number of nitrogens with one attached hydrogen (secondary N) is 1. The lowest BCUT2D eigenvalue weighted by molar-refractivity contribution is 0.104. The van der Waals surface area contributed by atoms with Gasteiger partial charge >= 0.3 is 0 Å². The number of nitrogens with two attached hydrogens (primary N) is 1. The van der Waals surface area contributed by atoms with Crippen LogP contribution in [0, 0.1) is 0 Å². The SMILES string of the molecule is COc1cccc(CS(=O)c2cccc(Nc3nc(N)c(C(=O)c4c(Cl)cccc4Cl)s3)c2)c1. The van der Waals surface area contributed by atoms with Gasteiger partial charge in [-0.25, -0.2) is 4.98 Å². The van der Waals surface area contributed by atoms with Gasteiger partial charge in [0.1, 0.15) is 16.4 Å². The van der Waals surface area contributed by atoms with Gasteiger partial charge in [-0.3, -0.25) is 9.00 Å². The van der Waals surface area contributed by atoms with Crippen LogP contribution < -0.4 is 15.8 Å². The van der Waals surface area contributed by atoms with Crippen molar-refractivity contribution in [1.29, 1.82) is 0 Å². The lowest BCUT2D eigenvalue weighted by Gasteiger charge is -2.07. The van der Waals surface area contributed by atoms with Gasteiger partial charge in [0.2, 0.25) is 5.78 Å². The van der Waals surface area contributed by atoms with Gasteiger partial charge in [-0.2, -0.15) is 0 Å². The normalized spacial score (nSPS) is 11.7. The number of thiazole rings is 1. The maximum atomic E-state index is 13.0. The highest BCUT2D eigenvalue weighted by atomic mass is 35.5. The number of aromatic nitrogens is 1. The van der Waals surface area contributed by atoms with Crippen molar-refractivity contribution in [2.75, 3.05) is 18.2 Å². The number of carbonyl (C=O) groups excluding carboxylic acids is 1. The fourth-order valence-corrected chi connectivity index (χ4v) is 5.77. The van der Waals surface area contributed by atoms with Crippen molar-refractivity contribution < 1.29 is 13.7 Å². The molecule has 6 nitrogen and oxygen atoms in total. The predicted octanol–water partition coefficient (Wildman–Crippen LogP) is 6.32. The van der Waals surface area contributed by atoms with E-state index in [-0.39, 0.29) is 26.3 Å². The Kier molecular flexibility index (Phi) is 7.53. The Balaban J connectivity index is 1.52. The molecule has 0 saturated heterocycles. The molecule has 1 aromatic heterocycles. The molecule has 0 fully saturated rings. The van der Waals surface area contributed by atoms with E-state index in [0.29, 0.717) is 21.5 Å². The Morgan fingerprint density at radius 3 is 2.53 bits per heavy atom. The van der Waals surface area contributed by atoms with Crippen molar-refractivity contribution in [2.45, 2.75) is 10.6 Å². The number of nitrogen functional groups attached to an aromatic ring is 1. The zero-order chi connectivity index (χ0) is 24.2. The molecule has 3 N–H and O–H groups in total. The van der Waals surface area contributed by atoms with Crippen LogP contribution in [-0.4, -0.2) is 22.1 Å². The first kappa shape index (κ1) is 24.2. The maximum Gasteiger partial charge on any atom is 0.209 e. The first-order valence-electron chi connectivity index (χ1n) is 9.99. The highest BCUT2D eigenvalue weighted by Gasteiger charge is 2.22. The molecule has 0 amide bonds. The largest absolute Gasteiger partial charge is 0.497 e. The molecule has 0 spiro atoms. The van der Waals surface area contributed by atoms with Gasteiger partial charge in [0, 0.05) is 10.6 Å². The van der Waals surface area contributed by atoms with Crippen molar-refractivity contribution in [1.82, 2.24) is 4.98 Å². The standard InChI is InChI=1S/C24H19Cl2N3O3S2/c1-32-16-7-2-5-14(11-16)13-34(31)17-8-3-6-15(12-17)28-24-29-23(27)22(33-24)21(30)20-18(25)9-4-10-19(20)26/h2-12H,13,27H2,1H3,(H,28,29).